The highest BCUT2D eigenvalue weighted by Gasteiger charge is 2.24. The maximum absolute atomic E-state index is 12.1. The summed E-state index contributed by atoms with van der Waals surface area (Å²) < 4.78 is 11.5. The predicted molar refractivity (Wildman–Crippen MR) is 76.6 cm³/mol. The first-order valence-electron chi connectivity index (χ1n) is 6.38. The van der Waals surface area contributed by atoms with E-state index in [1.54, 1.807) is 25.3 Å². The lowest BCUT2D eigenvalue weighted by Crippen LogP contribution is -2.40. The summed E-state index contributed by atoms with van der Waals surface area (Å²) in [5.41, 5.74) is 0.609. The second-order valence-electron chi connectivity index (χ2n) is 4.66. The van der Waals surface area contributed by atoms with Crippen LogP contribution in [-0.4, -0.2) is 31.8 Å². The molecule has 1 aliphatic heterocycles. The molecule has 1 fully saturated rings. The highest BCUT2D eigenvalue weighted by Crippen LogP contribution is 2.25. The number of amides is 1. The van der Waals surface area contributed by atoms with Gasteiger partial charge < -0.3 is 14.8 Å². The summed E-state index contributed by atoms with van der Waals surface area (Å²) in [6.07, 6.45) is 2.21. The van der Waals surface area contributed by atoms with Crippen molar-refractivity contribution in [3.05, 3.63) is 28.2 Å². The molecule has 0 bridgehead atoms. The number of nitrogens with one attached hydrogen (secondary N) is 1. The molecule has 0 aliphatic carbocycles. The average Bonchev–Trinajstić information content (AvgIpc) is 2.92. The van der Waals surface area contributed by atoms with Crippen LogP contribution in [0.4, 0.5) is 0 Å². The number of carbonyl (C=O) groups excluding carboxylic acids is 1. The first kappa shape index (κ1) is 14.3. The SMILES string of the molecule is COc1ccc(C(=O)NC(C)C2CCCO2)cc1Br. The van der Waals surface area contributed by atoms with Gasteiger partial charge in [-0.1, -0.05) is 0 Å². The van der Waals surface area contributed by atoms with Crippen molar-refractivity contribution in [3.63, 3.8) is 0 Å². The van der Waals surface area contributed by atoms with Gasteiger partial charge in [0.05, 0.1) is 23.7 Å². The maximum Gasteiger partial charge on any atom is 0.251 e. The van der Waals surface area contributed by atoms with E-state index in [0.29, 0.717) is 11.3 Å². The fourth-order valence-electron chi connectivity index (χ4n) is 2.19. The number of hydrogen-bond donors (Lipinski definition) is 1. The molecular formula is C14H18BrNO3. The minimum atomic E-state index is -0.0913. The van der Waals surface area contributed by atoms with E-state index < -0.39 is 0 Å². The van der Waals surface area contributed by atoms with E-state index in [2.05, 4.69) is 21.2 Å². The largest absolute Gasteiger partial charge is 0.496 e. The summed E-state index contributed by atoms with van der Waals surface area (Å²) in [5.74, 6) is 0.620. The van der Waals surface area contributed by atoms with Gasteiger partial charge in [0.15, 0.2) is 0 Å². The highest BCUT2D eigenvalue weighted by molar-refractivity contribution is 9.10. The Balaban J connectivity index is 2.01. The van der Waals surface area contributed by atoms with Gasteiger partial charge in [0.2, 0.25) is 0 Å². The molecule has 19 heavy (non-hydrogen) atoms. The molecule has 104 valence electrons. The minimum Gasteiger partial charge on any atom is -0.496 e. The van der Waals surface area contributed by atoms with E-state index in [-0.39, 0.29) is 18.1 Å². The third-order valence-electron chi connectivity index (χ3n) is 3.30. The van der Waals surface area contributed by atoms with Crippen LogP contribution in [-0.2, 0) is 4.74 Å². The Morgan fingerprint density at radius 2 is 2.37 bits per heavy atom. The fourth-order valence-corrected chi connectivity index (χ4v) is 2.73. The lowest BCUT2D eigenvalue weighted by Gasteiger charge is -2.20. The quantitative estimate of drug-likeness (QED) is 0.925. The molecule has 1 saturated heterocycles. The predicted octanol–water partition coefficient (Wildman–Crippen LogP) is 2.76. The molecule has 1 aromatic carbocycles. The summed E-state index contributed by atoms with van der Waals surface area (Å²) in [7, 11) is 1.60. The lowest BCUT2D eigenvalue weighted by atomic mass is 10.1. The molecule has 2 rings (SSSR count). The van der Waals surface area contributed by atoms with Gasteiger partial charge in [-0.3, -0.25) is 4.79 Å². The third-order valence-corrected chi connectivity index (χ3v) is 3.92. The fraction of sp³-hybridized carbons (Fsp3) is 0.500. The van der Waals surface area contributed by atoms with Crippen molar-refractivity contribution >= 4 is 21.8 Å². The van der Waals surface area contributed by atoms with Crippen molar-refractivity contribution in [2.24, 2.45) is 0 Å². The van der Waals surface area contributed by atoms with Gasteiger partial charge in [-0.2, -0.15) is 0 Å². The summed E-state index contributed by atoms with van der Waals surface area (Å²) in [5, 5.41) is 2.98. The molecule has 1 aliphatic rings. The van der Waals surface area contributed by atoms with E-state index in [1.807, 2.05) is 6.92 Å². The first-order valence-corrected chi connectivity index (χ1v) is 7.17. The van der Waals surface area contributed by atoms with E-state index in [0.717, 1.165) is 23.9 Å². The Morgan fingerprint density at radius 3 is 2.95 bits per heavy atom. The maximum atomic E-state index is 12.1. The standard InChI is InChI=1S/C14H18BrNO3/c1-9(12-4-3-7-19-12)16-14(17)10-5-6-13(18-2)11(15)8-10/h5-6,8-9,12H,3-4,7H2,1-2H3,(H,16,17). The molecule has 2 unspecified atom stereocenters. The van der Waals surface area contributed by atoms with Crippen molar-refractivity contribution in [2.45, 2.75) is 31.9 Å². The van der Waals surface area contributed by atoms with Crippen LogP contribution in [0, 0.1) is 0 Å². The number of hydrogen-bond acceptors (Lipinski definition) is 3. The van der Waals surface area contributed by atoms with Crippen LogP contribution in [0.1, 0.15) is 30.1 Å². The number of carbonyl (C=O) groups is 1. The molecule has 1 N–H and O–H groups in total. The lowest BCUT2D eigenvalue weighted by molar-refractivity contribution is 0.0712. The molecule has 5 heteroatoms. The molecule has 1 heterocycles. The molecule has 0 radical (unpaired) electrons. The van der Waals surface area contributed by atoms with Crippen molar-refractivity contribution < 1.29 is 14.3 Å². The Kier molecular flexibility index (Phi) is 4.82. The smallest absolute Gasteiger partial charge is 0.251 e. The van der Waals surface area contributed by atoms with Crippen LogP contribution in [0.5, 0.6) is 5.75 Å². The summed E-state index contributed by atoms with van der Waals surface area (Å²) in [6, 6.07) is 5.31. The monoisotopic (exact) mass is 327 g/mol. The molecular weight excluding hydrogens is 310 g/mol. The van der Waals surface area contributed by atoms with Crippen molar-refractivity contribution in [3.8, 4) is 5.75 Å². The van der Waals surface area contributed by atoms with Crippen LogP contribution < -0.4 is 10.1 Å². The molecule has 1 aromatic rings. The number of ether oxygens (including phenoxy) is 2. The normalized spacial score (nSPS) is 20.1. The van der Waals surface area contributed by atoms with Crippen LogP contribution in [0.25, 0.3) is 0 Å². The Labute approximate surface area is 121 Å². The summed E-state index contributed by atoms with van der Waals surface area (Å²) in [4.78, 5) is 12.1. The van der Waals surface area contributed by atoms with E-state index >= 15 is 0 Å². The van der Waals surface area contributed by atoms with Gasteiger partial charge in [-0.25, -0.2) is 0 Å². The number of rotatable bonds is 4. The van der Waals surface area contributed by atoms with Crippen LogP contribution in [0.15, 0.2) is 22.7 Å². The van der Waals surface area contributed by atoms with Gasteiger partial charge in [0.25, 0.3) is 5.91 Å². The van der Waals surface area contributed by atoms with Crippen LogP contribution >= 0.6 is 15.9 Å². The zero-order valence-electron chi connectivity index (χ0n) is 11.1. The van der Waals surface area contributed by atoms with Crippen molar-refractivity contribution in [1.29, 1.82) is 0 Å². The number of methoxy groups -OCH3 is 1. The van der Waals surface area contributed by atoms with Gasteiger partial charge >= 0.3 is 0 Å². The number of halogens is 1. The molecule has 0 aromatic heterocycles. The van der Waals surface area contributed by atoms with Gasteiger partial charge in [0.1, 0.15) is 5.75 Å². The van der Waals surface area contributed by atoms with E-state index in [1.165, 1.54) is 0 Å². The zero-order valence-corrected chi connectivity index (χ0v) is 12.7. The summed E-state index contributed by atoms with van der Waals surface area (Å²) in [6.45, 7) is 2.77. The molecule has 0 saturated carbocycles. The molecule has 0 spiro atoms. The highest BCUT2D eigenvalue weighted by atomic mass is 79.9. The third kappa shape index (κ3) is 3.48. The van der Waals surface area contributed by atoms with E-state index in [9.17, 15) is 4.79 Å². The Morgan fingerprint density at radius 1 is 1.58 bits per heavy atom. The van der Waals surface area contributed by atoms with Crippen LogP contribution in [0.3, 0.4) is 0 Å². The second-order valence-corrected chi connectivity index (χ2v) is 5.52. The van der Waals surface area contributed by atoms with Crippen LogP contribution in [0.2, 0.25) is 0 Å². The minimum absolute atomic E-state index is 0.0240. The van der Waals surface area contributed by atoms with E-state index in [4.69, 9.17) is 9.47 Å². The number of benzene rings is 1. The second kappa shape index (κ2) is 6.39. The van der Waals surface area contributed by atoms with Crippen molar-refractivity contribution in [1.82, 2.24) is 5.32 Å². The van der Waals surface area contributed by atoms with Gasteiger partial charge in [0, 0.05) is 12.2 Å². The molecule has 2 atom stereocenters. The Hall–Kier alpha value is -1.07. The molecule has 1 amide bonds. The van der Waals surface area contributed by atoms with Crippen molar-refractivity contribution in [2.75, 3.05) is 13.7 Å². The molecule has 4 nitrogen and oxygen atoms in total. The van der Waals surface area contributed by atoms with Gasteiger partial charge in [-0.15, -0.1) is 0 Å². The van der Waals surface area contributed by atoms with Gasteiger partial charge in [-0.05, 0) is 53.9 Å². The zero-order chi connectivity index (χ0) is 13.8. The topological polar surface area (TPSA) is 47.6 Å². The Bertz CT molecular complexity index is 458. The summed E-state index contributed by atoms with van der Waals surface area (Å²) >= 11 is 3.38. The average molecular weight is 328 g/mol. The first-order chi connectivity index (χ1) is 9.11.